The number of nitrogens with zero attached hydrogens (tertiary/aromatic N) is 4. The molecule has 7 nitrogen and oxygen atoms in total. The quantitative estimate of drug-likeness (QED) is 0.403. The Bertz CT molecular complexity index is 1200. The van der Waals surface area contributed by atoms with Crippen LogP contribution in [-0.2, 0) is 17.8 Å². The molecule has 0 radical (unpaired) electrons. The van der Waals surface area contributed by atoms with Gasteiger partial charge in [0.2, 0.25) is 0 Å². The van der Waals surface area contributed by atoms with Crippen molar-refractivity contribution in [1.82, 2.24) is 19.6 Å². The standard InChI is InChI=1S/C23H24ClN3O3.C6H15N/c24-17-9-7-16(8-10-17)14-21-19-5-1-2-6-20(19)23(30)27(25-21)15-18-4-3-12-26(18)13-11-22(28)29;1-4-7(5-2)6-3/h1-2,5-10,18H,3-4,11-15H2,(H,28,29);4-6H2,1-3H3/t18-;/m1./s1. The summed E-state index contributed by atoms with van der Waals surface area (Å²) in [6.07, 6.45) is 2.65. The van der Waals surface area contributed by atoms with Crippen LogP contribution in [0, 0.1) is 0 Å². The van der Waals surface area contributed by atoms with Crippen molar-refractivity contribution < 1.29 is 9.90 Å². The maximum atomic E-state index is 13.1. The molecule has 1 aromatic heterocycles. The second kappa shape index (κ2) is 14.3. The third-order valence-corrected chi connectivity index (χ3v) is 7.32. The summed E-state index contributed by atoms with van der Waals surface area (Å²) in [5.74, 6) is -0.799. The minimum Gasteiger partial charge on any atom is -0.481 e. The first-order chi connectivity index (χ1) is 17.9. The van der Waals surface area contributed by atoms with E-state index in [0.29, 0.717) is 29.9 Å². The van der Waals surface area contributed by atoms with Gasteiger partial charge < -0.3 is 10.0 Å². The van der Waals surface area contributed by atoms with Gasteiger partial charge in [-0.1, -0.05) is 62.7 Å². The Morgan fingerprint density at radius 3 is 2.30 bits per heavy atom. The number of carboxylic acids is 1. The van der Waals surface area contributed by atoms with E-state index in [1.54, 1.807) is 4.68 Å². The maximum Gasteiger partial charge on any atom is 0.304 e. The Kier molecular flexibility index (Phi) is 11.1. The van der Waals surface area contributed by atoms with Gasteiger partial charge in [0.25, 0.3) is 5.56 Å². The van der Waals surface area contributed by atoms with E-state index < -0.39 is 5.97 Å². The third kappa shape index (κ3) is 8.12. The molecule has 0 saturated carbocycles. The number of likely N-dealkylation sites (tertiary alicyclic amines) is 1. The molecule has 1 N–H and O–H groups in total. The number of benzene rings is 2. The number of carbonyl (C=O) groups is 1. The van der Waals surface area contributed by atoms with Crippen LogP contribution in [-0.4, -0.2) is 69.4 Å². The van der Waals surface area contributed by atoms with Crippen LogP contribution >= 0.6 is 11.6 Å². The van der Waals surface area contributed by atoms with E-state index >= 15 is 0 Å². The fourth-order valence-corrected chi connectivity index (χ4v) is 4.99. The molecule has 0 unspecified atom stereocenters. The Morgan fingerprint density at radius 1 is 1.05 bits per heavy atom. The van der Waals surface area contributed by atoms with Crippen molar-refractivity contribution in [3.05, 3.63) is 75.2 Å². The average molecular weight is 527 g/mol. The molecule has 1 fully saturated rings. The van der Waals surface area contributed by atoms with Gasteiger partial charge in [-0.2, -0.15) is 5.10 Å². The van der Waals surface area contributed by atoms with E-state index in [1.807, 2.05) is 48.5 Å². The van der Waals surface area contributed by atoms with Crippen LogP contribution in [0.4, 0.5) is 0 Å². The highest BCUT2D eigenvalue weighted by Gasteiger charge is 2.26. The number of rotatable bonds is 10. The smallest absolute Gasteiger partial charge is 0.304 e. The monoisotopic (exact) mass is 526 g/mol. The van der Waals surface area contributed by atoms with Gasteiger partial charge in [0.1, 0.15) is 0 Å². The molecule has 2 aromatic carbocycles. The van der Waals surface area contributed by atoms with Crippen molar-refractivity contribution in [2.75, 3.05) is 32.7 Å². The Balaban J connectivity index is 0.000000479. The average Bonchev–Trinajstić information content (AvgIpc) is 3.35. The molecule has 1 aliphatic heterocycles. The fraction of sp³-hybridized carbons (Fsp3) is 0.483. The molecule has 4 rings (SSSR count). The summed E-state index contributed by atoms with van der Waals surface area (Å²) in [4.78, 5) is 28.6. The summed E-state index contributed by atoms with van der Waals surface area (Å²) in [6, 6.07) is 15.4. The first-order valence-electron chi connectivity index (χ1n) is 13.3. The second-order valence-corrected chi connectivity index (χ2v) is 9.81. The van der Waals surface area contributed by atoms with Crippen molar-refractivity contribution in [3.63, 3.8) is 0 Å². The Morgan fingerprint density at radius 2 is 1.70 bits per heavy atom. The van der Waals surface area contributed by atoms with E-state index in [1.165, 1.54) is 19.6 Å². The first kappa shape index (κ1) is 28.8. The number of hydrogen-bond acceptors (Lipinski definition) is 5. The molecule has 0 bridgehead atoms. The van der Waals surface area contributed by atoms with Crippen LogP contribution in [0.1, 0.15) is 51.3 Å². The normalized spacial score (nSPS) is 15.6. The summed E-state index contributed by atoms with van der Waals surface area (Å²) in [5.41, 5.74) is 1.82. The van der Waals surface area contributed by atoms with Gasteiger partial charge in [-0.3, -0.25) is 14.5 Å². The van der Waals surface area contributed by atoms with Crippen molar-refractivity contribution in [3.8, 4) is 0 Å². The van der Waals surface area contributed by atoms with Crippen LogP contribution in [0.2, 0.25) is 5.02 Å². The lowest BCUT2D eigenvalue weighted by Gasteiger charge is -2.24. The van der Waals surface area contributed by atoms with Crippen molar-refractivity contribution in [2.24, 2.45) is 0 Å². The number of aliphatic carboxylic acids is 1. The molecule has 0 aliphatic carbocycles. The van der Waals surface area contributed by atoms with E-state index in [-0.39, 0.29) is 18.0 Å². The summed E-state index contributed by atoms with van der Waals surface area (Å²) in [7, 11) is 0. The summed E-state index contributed by atoms with van der Waals surface area (Å²) >= 11 is 6.01. The zero-order valence-electron chi connectivity index (χ0n) is 22.2. The van der Waals surface area contributed by atoms with Crippen molar-refractivity contribution in [1.29, 1.82) is 0 Å². The van der Waals surface area contributed by atoms with E-state index in [2.05, 4.69) is 30.6 Å². The zero-order chi connectivity index (χ0) is 26.8. The van der Waals surface area contributed by atoms with Crippen LogP contribution in [0.15, 0.2) is 53.3 Å². The molecule has 1 atom stereocenters. The molecule has 1 aliphatic rings. The van der Waals surface area contributed by atoms with Gasteiger partial charge in [-0.25, -0.2) is 4.68 Å². The fourth-order valence-electron chi connectivity index (χ4n) is 4.86. The van der Waals surface area contributed by atoms with E-state index in [0.717, 1.165) is 36.0 Å². The van der Waals surface area contributed by atoms with Crippen LogP contribution in [0.3, 0.4) is 0 Å². The molecule has 3 aromatic rings. The lowest BCUT2D eigenvalue weighted by Crippen LogP contribution is -2.38. The number of hydrogen-bond donors (Lipinski definition) is 1. The summed E-state index contributed by atoms with van der Waals surface area (Å²) in [6.45, 7) is 12.0. The Labute approximate surface area is 224 Å². The van der Waals surface area contributed by atoms with E-state index in [9.17, 15) is 9.59 Å². The molecular formula is C29H39ClN4O3. The minimum absolute atomic E-state index is 0.101. The van der Waals surface area contributed by atoms with Gasteiger partial charge in [-0.05, 0) is 62.8 Å². The number of fused-ring (bicyclic) bond motifs is 1. The van der Waals surface area contributed by atoms with Crippen LogP contribution in [0.25, 0.3) is 10.8 Å². The number of halogens is 1. The molecule has 8 heteroatoms. The zero-order valence-corrected chi connectivity index (χ0v) is 23.0. The molecule has 0 amide bonds. The second-order valence-electron chi connectivity index (χ2n) is 9.38. The van der Waals surface area contributed by atoms with Crippen LogP contribution < -0.4 is 5.56 Å². The van der Waals surface area contributed by atoms with Gasteiger partial charge in [0.05, 0.1) is 24.0 Å². The minimum atomic E-state index is -0.799. The lowest BCUT2D eigenvalue weighted by atomic mass is 10.0. The van der Waals surface area contributed by atoms with Crippen molar-refractivity contribution in [2.45, 2.75) is 59.0 Å². The number of carboxylic acid groups (broad SMARTS) is 1. The number of aromatic nitrogens is 2. The van der Waals surface area contributed by atoms with Gasteiger partial charge in [0.15, 0.2) is 0 Å². The first-order valence-corrected chi connectivity index (χ1v) is 13.6. The highest BCUT2D eigenvalue weighted by Crippen LogP contribution is 2.21. The van der Waals surface area contributed by atoms with Crippen molar-refractivity contribution >= 4 is 28.3 Å². The summed E-state index contributed by atoms with van der Waals surface area (Å²) < 4.78 is 1.57. The SMILES string of the molecule is CCN(CC)CC.O=C(O)CCN1CCC[C@@H]1Cn1nc(Cc2ccc(Cl)cc2)c2ccccc2c1=O. The molecule has 1 saturated heterocycles. The van der Waals surface area contributed by atoms with Crippen LogP contribution in [0.5, 0.6) is 0 Å². The van der Waals surface area contributed by atoms with Gasteiger partial charge in [-0.15, -0.1) is 0 Å². The predicted molar refractivity (Wildman–Crippen MR) is 151 cm³/mol. The largest absolute Gasteiger partial charge is 0.481 e. The highest BCUT2D eigenvalue weighted by atomic mass is 35.5. The molecule has 37 heavy (non-hydrogen) atoms. The Hall–Kier alpha value is -2.74. The maximum absolute atomic E-state index is 13.1. The van der Waals surface area contributed by atoms with Gasteiger partial charge >= 0.3 is 5.97 Å². The molecule has 2 heterocycles. The molecule has 200 valence electrons. The predicted octanol–water partition coefficient (Wildman–Crippen LogP) is 4.93. The summed E-state index contributed by atoms with van der Waals surface area (Å²) in [5, 5.41) is 16.0. The highest BCUT2D eigenvalue weighted by molar-refractivity contribution is 6.30. The molecular weight excluding hydrogens is 488 g/mol. The van der Waals surface area contributed by atoms with E-state index in [4.69, 9.17) is 21.8 Å². The third-order valence-electron chi connectivity index (χ3n) is 7.07. The topological polar surface area (TPSA) is 78.7 Å². The lowest BCUT2D eigenvalue weighted by molar-refractivity contribution is -0.137. The molecule has 0 spiro atoms. The van der Waals surface area contributed by atoms with Gasteiger partial charge in [0, 0.05) is 29.4 Å².